The smallest absolute Gasteiger partial charge is 0.259 e. The minimum atomic E-state index is -3.77. The third-order valence-corrected chi connectivity index (χ3v) is 5.63. The molecule has 0 aromatic carbocycles. The van der Waals surface area contributed by atoms with Crippen LogP contribution in [0.2, 0.25) is 5.02 Å². The van der Waals surface area contributed by atoms with E-state index in [9.17, 15) is 13.5 Å². The molecule has 6 nitrogen and oxygen atoms in total. The van der Waals surface area contributed by atoms with Crippen LogP contribution in [0.15, 0.2) is 11.2 Å². The quantitative estimate of drug-likeness (QED) is 0.822. The molecule has 0 atom stereocenters. The standard InChI is InChI=1S/C12H20ClN3O3S/c1-16-11(10(13)8-14-16)20(18,19)15-9-12(17)6-4-2-3-5-7-12/h8,15,17H,2-7,9H2,1H3. The molecule has 0 amide bonds. The van der Waals surface area contributed by atoms with Gasteiger partial charge in [-0.05, 0) is 12.8 Å². The third-order valence-electron chi connectivity index (χ3n) is 3.72. The number of hydrogen-bond acceptors (Lipinski definition) is 4. The van der Waals surface area contributed by atoms with Crippen molar-refractivity contribution in [2.75, 3.05) is 6.54 Å². The summed E-state index contributed by atoms with van der Waals surface area (Å²) in [5.74, 6) is 0. The number of halogens is 1. The molecule has 1 saturated carbocycles. The van der Waals surface area contributed by atoms with Gasteiger partial charge >= 0.3 is 0 Å². The second-order valence-electron chi connectivity index (χ2n) is 5.38. The molecule has 1 heterocycles. The zero-order valence-electron chi connectivity index (χ0n) is 11.5. The number of aryl methyl sites for hydroxylation is 1. The van der Waals surface area contributed by atoms with Gasteiger partial charge < -0.3 is 5.11 Å². The van der Waals surface area contributed by atoms with Gasteiger partial charge in [0.25, 0.3) is 10.0 Å². The monoisotopic (exact) mass is 321 g/mol. The molecule has 0 radical (unpaired) electrons. The molecule has 0 spiro atoms. The van der Waals surface area contributed by atoms with Crippen molar-refractivity contribution < 1.29 is 13.5 Å². The van der Waals surface area contributed by atoms with Gasteiger partial charge in [-0.3, -0.25) is 4.68 Å². The van der Waals surface area contributed by atoms with Gasteiger partial charge in [0.1, 0.15) is 0 Å². The van der Waals surface area contributed by atoms with Crippen LogP contribution in [0.5, 0.6) is 0 Å². The molecule has 1 aliphatic rings. The number of nitrogens with one attached hydrogen (secondary N) is 1. The molecular formula is C12H20ClN3O3S. The van der Waals surface area contributed by atoms with E-state index in [0.29, 0.717) is 12.8 Å². The average molecular weight is 322 g/mol. The summed E-state index contributed by atoms with van der Waals surface area (Å²) in [5.41, 5.74) is -0.964. The predicted octanol–water partition coefficient (Wildman–Crippen LogP) is 1.44. The SMILES string of the molecule is Cn1ncc(Cl)c1S(=O)(=O)NCC1(O)CCCCCC1. The number of hydrogen-bond donors (Lipinski definition) is 2. The molecule has 1 aromatic heterocycles. The van der Waals surface area contributed by atoms with E-state index in [2.05, 4.69) is 9.82 Å². The van der Waals surface area contributed by atoms with Crippen LogP contribution in [0.25, 0.3) is 0 Å². The summed E-state index contributed by atoms with van der Waals surface area (Å²) < 4.78 is 28.1. The molecule has 114 valence electrons. The van der Waals surface area contributed by atoms with Crippen molar-refractivity contribution in [3.63, 3.8) is 0 Å². The Labute approximate surface area is 124 Å². The summed E-state index contributed by atoms with van der Waals surface area (Å²) in [7, 11) is -2.25. The second-order valence-corrected chi connectivity index (χ2v) is 7.47. The number of sulfonamides is 1. The summed E-state index contributed by atoms with van der Waals surface area (Å²) in [6.45, 7) is 0.0108. The van der Waals surface area contributed by atoms with E-state index in [4.69, 9.17) is 11.6 Å². The maximum atomic E-state index is 12.2. The lowest BCUT2D eigenvalue weighted by Crippen LogP contribution is -2.43. The Morgan fingerprint density at radius 1 is 1.40 bits per heavy atom. The summed E-state index contributed by atoms with van der Waals surface area (Å²) in [6.07, 6.45) is 6.54. The van der Waals surface area contributed by atoms with E-state index >= 15 is 0 Å². The Kier molecular flexibility index (Phi) is 4.73. The number of aliphatic hydroxyl groups is 1. The van der Waals surface area contributed by atoms with Crippen LogP contribution in [0.1, 0.15) is 38.5 Å². The molecule has 0 bridgehead atoms. The number of rotatable bonds is 4. The van der Waals surface area contributed by atoms with Gasteiger partial charge in [-0.1, -0.05) is 37.3 Å². The van der Waals surface area contributed by atoms with Crippen molar-refractivity contribution in [2.24, 2.45) is 7.05 Å². The first-order chi connectivity index (χ1) is 9.34. The van der Waals surface area contributed by atoms with Gasteiger partial charge in [0.2, 0.25) is 0 Å². The zero-order chi connectivity index (χ0) is 14.8. The third kappa shape index (κ3) is 3.52. The van der Waals surface area contributed by atoms with Crippen molar-refractivity contribution in [1.29, 1.82) is 0 Å². The summed E-state index contributed by atoms with van der Waals surface area (Å²) >= 11 is 5.85. The van der Waals surface area contributed by atoms with Gasteiger partial charge in [-0.2, -0.15) is 5.10 Å². The van der Waals surface area contributed by atoms with E-state index in [-0.39, 0.29) is 16.6 Å². The van der Waals surface area contributed by atoms with E-state index in [1.54, 1.807) is 0 Å². The van der Waals surface area contributed by atoms with Crippen molar-refractivity contribution in [3.8, 4) is 0 Å². The van der Waals surface area contributed by atoms with E-state index in [0.717, 1.165) is 25.7 Å². The normalized spacial score (nSPS) is 19.8. The molecule has 1 fully saturated rings. The summed E-state index contributed by atoms with van der Waals surface area (Å²) in [6, 6.07) is 0. The molecule has 1 aliphatic carbocycles. The maximum absolute atomic E-state index is 12.2. The molecule has 8 heteroatoms. The fourth-order valence-electron chi connectivity index (χ4n) is 2.56. The summed E-state index contributed by atoms with van der Waals surface area (Å²) in [5, 5.41) is 14.3. The maximum Gasteiger partial charge on any atom is 0.259 e. The molecule has 20 heavy (non-hydrogen) atoms. The van der Waals surface area contributed by atoms with Crippen molar-refractivity contribution in [2.45, 2.75) is 49.2 Å². The van der Waals surface area contributed by atoms with Crippen LogP contribution < -0.4 is 4.72 Å². The molecule has 0 unspecified atom stereocenters. The van der Waals surface area contributed by atoms with Crippen LogP contribution in [-0.4, -0.2) is 35.5 Å². The highest BCUT2D eigenvalue weighted by atomic mass is 35.5. The van der Waals surface area contributed by atoms with E-state index in [1.165, 1.54) is 17.9 Å². The number of aromatic nitrogens is 2. The Hall–Kier alpha value is -0.630. The molecule has 2 rings (SSSR count). The average Bonchev–Trinajstić information content (AvgIpc) is 2.60. The lowest BCUT2D eigenvalue weighted by Gasteiger charge is -2.26. The first kappa shape index (κ1) is 15.8. The highest BCUT2D eigenvalue weighted by Crippen LogP contribution is 2.27. The minimum Gasteiger partial charge on any atom is -0.389 e. The second kappa shape index (κ2) is 6.01. The van der Waals surface area contributed by atoms with Crippen molar-refractivity contribution >= 4 is 21.6 Å². The minimum absolute atomic E-state index is 0.0108. The molecule has 2 N–H and O–H groups in total. The topological polar surface area (TPSA) is 84.2 Å². The summed E-state index contributed by atoms with van der Waals surface area (Å²) in [4.78, 5) is 0. The van der Waals surface area contributed by atoms with Gasteiger partial charge in [-0.15, -0.1) is 0 Å². The Balaban J connectivity index is 2.09. The Morgan fingerprint density at radius 3 is 2.50 bits per heavy atom. The zero-order valence-corrected chi connectivity index (χ0v) is 13.0. The Bertz CT molecular complexity index is 543. The fraction of sp³-hybridized carbons (Fsp3) is 0.750. The highest BCUT2D eigenvalue weighted by Gasteiger charge is 2.31. The first-order valence-corrected chi connectivity index (χ1v) is 8.60. The van der Waals surface area contributed by atoms with Crippen molar-refractivity contribution in [3.05, 3.63) is 11.2 Å². The molecule has 0 saturated heterocycles. The van der Waals surface area contributed by atoms with Crippen LogP contribution in [0, 0.1) is 0 Å². The van der Waals surface area contributed by atoms with E-state index in [1.807, 2.05) is 0 Å². The molecule has 0 aliphatic heterocycles. The molecule has 1 aromatic rings. The lowest BCUT2D eigenvalue weighted by atomic mass is 9.95. The van der Waals surface area contributed by atoms with Crippen LogP contribution in [0.3, 0.4) is 0 Å². The van der Waals surface area contributed by atoms with E-state index < -0.39 is 15.6 Å². The first-order valence-electron chi connectivity index (χ1n) is 6.74. The number of nitrogens with zero attached hydrogens (tertiary/aromatic N) is 2. The fourth-order valence-corrected chi connectivity index (χ4v) is 4.33. The van der Waals surface area contributed by atoms with Crippen molar-refractivity contribution in [1.82, 2.24) is 14.5 Å². The van der Waals surface area contributed by atoms with Gasteiger partial charge in [-0.25, -0.2) is 13.1 Å². The Morgan fingerprint density at radius 2 is 2.00 bits per heavy atom. The molecular weight excluding hydrogens is 302 g/mol. The van der Waals surface area contributed by atoms with Gasteiger partial charge in [0.15, 0.2) is 5.03 Å². The predicted molar refractivity (Wildman–Crippen MR) is 76.1 cm³/mol. The largest absolute Gasteiger partial charge is 0.389 e. The van der Waals surface area contributed by atoms with Crippen LogP contribution in [-0.2, 0) is 17.1 Å². The van der Waals surface area contributed by atoms with Gasteiger partial charge in [0, 0.05) is 13.6 Å². The van der Waals surface area contributed by atoms with Gasteiger partial charge in [0.05, 0.1) is 16.8 Å². The highest BCUT2D eigenvalue weighted by molar-refractivity contribution is 7.89. The van der Waals surface area contributed by atoms with Crippen LogP contribution in [0.4, 0.5) is 0 Å². The van der Waals surface area contributed by atoms with Crippen LogP contribution >= 0.6 is 11.6 Å². The lowest BCUT2D eigenvalue weighted by molar-refractivity contribution is 0.0303.